The third-order valence-corrected chi connectivity index (χ3v) is 3.01. The first-order chi connectivity index (χ1) is 9.72. The Morgan fingerprint density at radius 3 is 2.33 bits per heavy atom. The number of nitrogens with one attached hydrogen (secondary N) is 1. The molecule has 8 heteroatoms. The van der Waals surface area contributed by atoms with Gasteiger partial charge in [-0.2, -0.15) is 13.2 Å². The molecule has 2 aromatic rings. The molecule has 1 heterocycles. The number of aryl methyl sites for hydroxylation is 1. The second-order valence-electron chi connectivity index (χ2n) is 4.48. The number of rotatable bonds is 2. The highest BCUT2D eigenvalue weighted by Crippen LogP contribution is 2.32. The van der Waals surface area contributed by atoms with Crippen molar-refractivity contribution in [3.05, 3.63) is 40.8 Å². The van der Waals surface area contributed by atoms with E-state index in [1.54, 1.807) is 13.8 Å². The molecule has 0 amide bonds. The van der Waals surface area contributed by atoms with Gasteiger partial charge in [-0.3, -0.25) is 0 Å². The number of benzene rings is 1. The highest BCUT2D eigenvalue weighted by molar-refractivity contribution is 5.60. The lowest BCUT2D eigenvalue weighted by atomic mass is 10.1. The average Bonchev–Trinajstić information content (AvgIpc) is 2.40. The molecular weight excluding hydrogens is 288 g/mol. The SMILES string of the molecule is Cc1nc(-c2cc(F)cc(C(F)(F)F)c2)nc(NN)c1C. The van der Waals surface area contributed by atoms with Crippen LogP contribution in [0.5, 0.6) is 0 Å². The van der Waals surface area contributed by atoms with E-state index in [1.165, 1.54) is 0 Å². The summed E-state index contributed by atoms with van der Waals surface area (Å²) in [4.78, 5) is 8.08. The Hall–Kier alpha value is -2.22. The number of hydrogen-bond donors (Lipinski definition) is 2. The summed E-state index contributed by atoms with van der Waals surface area (Å²) < 4.78 is 51.5. The van der Waals surface area contributed by atoms with Crippen LogP contribution in [0, 0.1) is 19.7 Å². The predicted molar refractivity (Wildman–Crippen MR) is 69.7 cm³/mol. The maximum absolute atomic E-state index is 13.4. The van der Waals surface area contributed by atoms with Crippen molar-refractivity contribution >= 4 is 5.82 Å². The van der Waals surface area contributed by atoms with Crippen molar-refractivity contribution in [3.63, 3.8) is 0 Å². The average molecular weight is 300 g/mol. The Balaban J connectivity index is 2.62. The molecule has 0 spiro atoms. The molecule has 4 nitrogen and oxygen atoms in total. The van der Waals surface area contributed by atoms with E-state index >= 15 is 0 Å². The number of alkyl halides is 3. The summed E-state index contributed by atoms with van der Waals surface area (Å²) in [7, 11) is 0. The minimum absolute atomic E-state index is 0.0314. The van der Waals surface area contributed by atoms with Gasteiger partial charge in [-0.05, 0) is 32.0 Å². The monoisotopic (exact) mass is 300 g/mol. The molecule has 2 rings (SSSR count). The fraction of sp³-hybridized carbons (Fsp3) is 0.231. The normalized spacial score (nSPS) is 11.6. The molecule has 1 aromatic heterocycles. The Morgan fingerprint density at radius 2 is 1.76 bits per heavy atom. The largest absolute Gasteiger partial charge is 0.416 e. The van der Waals surface area contributed by atoms with E-state index in [4.69, 9.17) is 5.84 Å². The molecule has 3 N–H and O–H groups in total. The lowest BCUT2D eigenvalue weighted by Gasteiger charge is -2.12. The van der Waals surface area contributed by atoms with E-state index in [-0.39, 0.29) is 17.2 Å². The van der Waals surface area contributed by atoms with Gasteiger partial charge in [0.2, 0.25) is 0 Å². The van der Waals surface area contributed by atoms with Gasteiger partial charge in [-0.1, -0.05) is 0 Å². The number of hydrazine groups is 1. The summed E-state index contributed by atoms with van der Waals surface area (Å²) >= 11 is 0. The number of nitrogens with two attached hydrogens (primary N) is 1. The first-order valence-corrected chi connectivity index (χ1v) is 5.92. The molecule has 0 aliphatic rings. The minimum atomic E-state index is -4.65. The second kappa shape index (κ2) is 5.28. The van der Waals surface area contributed by atoms with Crippen LogP contribution in [0.2, 0.25) is 0 Å². The molecule has 21 heavy (non-hydrogen) atoms. The molecule has 0 aliphatic carbocycles. The maximum atomic E-state index is 13.4. The number of hydrogen-bond acceptors (Lipinski definition) is 4. The zero-order chi connectivity index (χ0) is 15.8. The number of nitrogens with zero attached hydrogens (tertiary/aromatic N) is 2. The van der Waals surface area contributed by atoms with Crippen LogP contribution in [0.3, 0.4) is 0 Å². The second-order valence-corrected chi connectivity index (χ2v) is 4.48. The smallest absolute Gasteiger partial charge is 0.308 e. The van der Waals surface area contributed by atoms with Crippen molar-refractivity contribution in [2.45, 2.75) is 20.0 Å². The summed E-state index contributed by atoms with van der Waals surface area (Å²) in [6.45, 7) is 3.37. The molecule has 0 saturated heterocycles. The zero-order valence-electron chi connectivity index (χ0n) is 11.2. The lowest BCUT2D eigenvalue weighted by Crippen LogP contribution is -2.12. The van der Waals surface area contributed by atoms with Gasteiger partial charge < -0.3 is 5.43 Å². The van der Waals surface area contributed by atoms with Crippen molar-refractivity contribution in [1.82, 2.24) is 9.97 Å². The third-order valence-electron chi connectivity index (χ3n) is 3.01. The van der Waals surface area contributed by atoms with Gasteiger partial charge in [0.05, 0.1) is 5.56 Å². The summed E-state index contributed by atoms with van der Waals surface area (Å²) in [6, 6.07) is 2.17. The van der Waals surface area contributed by atoms with E-state index in [0.29, 0.717) is 17.3 Å². The minimum Gasteiger partial charge on any atom is -0.308 e. The quantitative estimate of drug-likeness (QED) is 0.508. The molecule has 0 saturated carbocycles. The van der Waals surface area contributed by atoms with Gasteiger partial charge in [-0.25, -0.2) is 20.2 Å². The van der Waals surface area contributed by atoms with Crippen molar-refractivity contribution in [2.75, 3.05) is 5.43 Å². The van der Waals surface area contributed by atoms with E-state index in [2.05, 4.69) is 15.4 Å². The van der Waals surface area contributed by atoms with Crippen LogP contribution in [-0.2, 0) is 6.18 Å². The van der Waals surface area contributed by atoms with Gasteiger partial charge in [0.1, 0.15) is 11.6 Å². The fourth-order valence-corrected chi connectivity index (χ4v) is 1.78. The highest BCUT2D eigenvalue weighted by Gasteiger charge is 2.31. The van der Waals surface area contributed by atoms with Gasteiger partial charge >= 0.3 is 6.18 Å². The van der Waals surface area contributed by atoms with Crippen LogP contribution in [-0.4, -0.2) is 9.97 Å². The van der Waals surface area contributed by atoms with Crippen LogP contribution >= 0.6 is 0 Å². The van der Waals surface area contributed by atoms with Crippen LogP contribution < -0.4 is 11.3 Å². The number of nitrogen functional groups attached to an aromatic ring is 1. The van der Waals surface area contributed by atoms with Crippen molar-refractivity contribution in [1.29, 1.82) is 0 Å². The first-order valence-electron chi connectivity index (χ1n) is 5.92. The van der Waals surface area contributed by atoms with E-state index in [9.17, 15) is 17.6 Å². The zero-order valence-corrected chi connectivity index (χ0v) is 11.2. The Kier molecular flexibility index (Phi) is 3.82. The van der Waals surface area contributed by atoms with E-state index < -0.39 is 17.6 Å². The third kappa shape index (κ3) is 3.10. The lowest BCUT2D eigenvalue weighted by molar-refractivity contribution is -0.137. The standard InChI is InChI=1S/C13H12F4N4/c1-6-7(2)19-12(20-11(6)21-18)8-3-9(13(15,16)17)5-10(14)4-8/h3-5H,18H2,1-2H3,(H,19,20,21). The molecule has 112 valence electrons. The topological polar surface area (TPSA) is 63.8 Å². The predicted octanol–water partition coefficient (Wildman–Crippen LogP) is 3.20. The summed E-state index contributed by atoms with van der Waals surface area (Å²) in [5.74, 6) is 4.53. The molecule has 0 bridgehead atoms. The van der Waals surface area contributed by atoms with Gasteiger partial charge in [-0.15, -0.1) is 0 Å². The molecule has 0 fully saturated rings. The fourth-order valence-electron chi connectivity index (χ4n) is 1.78. The van der Waals surface area contributed by atoms with E-state index in [0.717, 1.165) is 12.1 Å². The van der Waals surface area contributed by atoms with Gasteiger partial charge in [0.25, 0.3) is 0 Å². The van der Waals surface area contributed by atoms with Crippen molar-refractivity contribution in [2.24, 2.45) is 5.84 Å². The Morgan fingerprint density at radius 1 is 1.10 bits per heavy atom. The van der Waals surface area contributed by atoms with Gasteiger partial charge in [0.15, 0.2) is 5.82 Å². The summed E-state index contributed by atoms with van der Waals surface area (Å²) in [5, 5.41) is 0. The molecular formula is C13H12F4N4. The summed E-state index contributed by atoms with van der Waals surface area (Å²) in [6.07, 6.45) is -4.65. The number of anilines is 1. The molecule has 1 aromatic carbocycles. The summed E-state index contributed by atoms with van der Waals surface area (Å²) in [5.41, 5.74) is 2.37. The Bertz CT molecular complexity index is 683. The van der Waals surface area contributed by atoms with Crippen LogP contribution in [0.1, 0.15) is 16.8 Å². The number of halogens is 4. The maximum Gasteiger partial charge on any atom is 0.416 e. The first kappa shape index (κ1) is 15.2. The molecule has 0 unspecified atom stereocenters. The molecule has 0 aliphatic heterocycles. The van der Waals surface area contributed by atoms with Crippen LogP contribution in [0.4, 0.5) is 23.4 Å². The highest BCUT2D eigenvalue weighted by atomic mass is 19.4. The van der Waals surface area contributed by atoms with Gasteiger partial charge in [0, 0.05) is 16.8 Å². The van der Waals surface area contributed by atoms with Crippen LogP contribution in [0.25, 0.3) is 11.4 Å². The number of aromatic nitrogens is 2. The molecule has 0 radical (unpaired) electrons. The Labute approximate surface area is 118 Å². The van der Waals surface area contributed by atoms with Crippen molar-refractivity contribution in [3.8, 4) is 11.4 Å². The van der Waals surface area contributed by atoms with Crippen LogP contribution in [0.15, 0.2) is 18.2 Å². The molecule has 0 atom stereocenters. The van der Waals surface area contributed by atoms with Crippen molar-refractivity contribution < 1.29 is 17.6 Å². The van der Waals surface area contributed by atoms with E-state index in [1.807, 2.05) is 0 Å².